The molecule has 3 aromatic heterocycles. The average molecular weight is 372 g/mol. The maximum atomic E-state index is 12.7. The third-order valence-electron chi connectivity index (χ3n) is 4.92. The van der Waals surface area contributed by atoms with E-state index in [4.69, 9.17) is 4.42 Å². The summed E-state index contributed by atoms with van der Waals surface area (Å²) in [6.07, 6.45) is 6.08. The van der Waals surface area contributed by atoms with E-state index in [9.17, 15) is 9.59 Å². The summed E-state index contributed by atoms with van der Waals surface area (Å²) in [5, 5.41) is 4.38. The molecule has 1 aliphatic rings. The van der Waals surface area contributed by atoms with Crippen molar-refractivity contribution in [1.29, 1.82) is 0 Å². The molecule has 5 rings (SSSR count). The predicted octanol–water partition coefficient (Wildman–Crippen LogP) is 3.35. The van der Waals surface area contributed by atoms with Gasteiger partial charge in [-0.15, -0.1) is 0 Å². The Hall–Kier alpha value is -3.74. The molecular weight excluding hydrogens is 356 g/mol. The standard InChI is InChI=1S/C21H16N4O3/c26-19-7-2-10-24(19)15-5-1-4-14(12-15)17-8-9-22-21-16(13-23-25(17)21)20(27)18-6-3-11-28-18/h1,3-6,8-9,11-13H,2,7,10H2. The van der Waals surface area contributed by atoms with Crippen molar-refractivity contribution in [1.82, 2.24) is 14.6 Å². The van der Waals surface area contributed by atoms with Gasteiger partial charge in [-0.3, -0.25) is 9.59 Å². The summed E-state index contributed by atoms with van der Waals surface area (Å²) in [6, 6.07) is 12.9. The summed E-state index contributed by atoms with van der Waals surface area (Å²) >= 11 is 0. The Morgan fingerprint density at radius 3 is 2.86 bits per heavy atom. The smallest absolute Gasteiger partial charge is 0.233 e. The van der Waals surface area contributed by atoms with Crippen molar-refractivity contribution >= 4 is 23.0 Å². The minimum Gasteiger partial charge on any atom is -0.461 e. The number of anilines is 1. The maximum absolute atomic E-state index is 12.7. The molecule has 138 valence electrons. The fraction of sp³-hybridized carbons (Fsp3) is 0.143. The summed E-state index contributed by atoms with van der Waals surface area (Å²) in [5.74, 6) is 0.125. The maximum Gasteiger partial charge on any atom is 0.233 e. The van der Waals surface area contributed by atoms with Crippen LogP contribution in [0.5, 0.6) is 0 Å². The second kappa shape index (κ2) is 6.45. The lowest BCUT2D eigenvalue weighted by Crippen LogP contribution is -2.23. The van der Waals surface area contributed by atoms with Crippen LogP contribution in [0.15, 0.2) is 65.5 Å². The molecule has 0 atom stereocenters. The Morgan fingerprint density at radius 2 is 2.07 bits per heavy atom. The Kier molecular flexibility index (Phi) is 3.79. The topological polar surface area (TPSA) is 80.7 Å². The van der Waals surface area contributed by atoms with Gasteiger partial charge in [0.2, 0.25) is 11.7 Å². The van der Waals surface area contributed by atoms with Crippen molar-refractivity contribution in [2.45, 2.75) is 12.8 Å². The highest BCUT2D eigenvalue weighted by Gasteiger charge is 2.23. The number of carbonyl (C=O) groups is 2. The molecule has 0 radical (unpaired) electrons. The van der Waals surface area contributed by atoms with Crippen LogP contribution < -0.4 is 4.90 Å². The minimum atomic E-state index is -0.263. The number of benzene rings is 1. The molecule has 1 saturated heterocycles. The van der Waals surface area contributed by atoms with E-state index in [1.807, 2.05) is 30.3 Å². The van der Waals surface area contributed by atoms with Gasteiger partial charge in [-0.05, 0) is 36.8 Å². The number of fused-ring (bicyclic) bond motifs is 1. The van der Waals surface area contributed by atoms with Crippen LogP contribution in [-0.4, -0.2) is 32.8 Å². The molecule has 0 bridgehead atoms. The molecule has 0 unspecified atom stereocenters. The Bertz CT molecular complexity index is 1190. The molecule has 7 nitrogen and oxygen atoms in total. The lowest BCUT2D eigenvalue weighted by Gasteiger charge is -2.16. The largest absolute Gasteiger partial charge is 0.461 e. The van der Waals surface area contributed by atoms with Gasteiger partial charge in [0.1, 0.15) is 0 Å². The van der Waals surface area contributed by atoms with Crippen molar-refractivity contribution in [3.63, 3.8) is 0 Å². The summed E-state index contributed by atoms with van der Waals surface area (Å²) in [6.45, 7) is 0.734. The molecule has 0 aliphatic carbocycles. The highest BCUT2D eigenvalue weighted by atomic mass is 16.3. The normalized spacial score (nSPS) is 14.1. The second-order valence-corrected chi connectivity index (χ2v) is 6.63. The number of rotatable bonds is 4. The van der Waals surface area contributed by atoms with Crippen molar-refractivity contribution in [2.24, 2.45) is 0 Å². The van der Waals surface area contributed by atoms with E-state index in [2.05, 4.69) is 10.1 Å². The molecule has 4 heterocycles. The molecule has 0 saturated carbocycles. The van der Waals surface area contributed by atoms with Crippen LogP contribution >= 0.6 is 0 Å². The first-order valence-corrected chi connectivity index (χ1v) is 9.04. The second-order valence-electron chi connectivity index (χ2n) is 6.63. The van der Waals surface area contributed by atoms with E-state index < -0.39 is 0 Å². The minimum absolute atomic E-state index is 0.141. The Balaban J connectivity index is 1.59. The summed E-state index contributed by atoms with van der Waals surface area (Å²) in [4.78, 5) is 30.9. The molecule has 0 N–H and O–H groups in total. The van der Waals surface area contributed by atoms with Crippen molar-refractivity contribution < 1.29 is 14.0 Å². The number of aromatic nitrogens is 3. The lowest BCUT2D eigenvalue weighted by atomic mass is 10.1. The number of hydrogen-bond donors (Lipinski definition) is 0. The van der Waals surface area contributed by atoms with Crippen LogP contribution in [0.25, 0.3) is 16.9 Å². The monoisotopic (exact) mass is 372 g/mol. The highest BCUT2D eigenvalue weighted by molar-refractivity contribution is 6.10. The van der Waals surface area contributed by atoms with E-state index in [0.717, 1.165) is 29.9 Å². The number of nitrogens with zero attached hydrogens (tertiary/aromatic N) is 4. The molecule has 0 spiro atoms. The molecule has 28 heavy (non-hydrogen) atoms. The SMILES string of the molecule is O=C(c1ccco1)c1cnn2c(-c3cccc(N4CCCC4=O)c3)ccnc12. The van der Waals surface area contributed by atoms with Gasteiger partial charge in [0.15, 0.2) is 11.4 Å². The van der Waals surface area contributed by atoms with E-state index in [0.29, 0.717) is 17.6 Å². The first-order chi connectivity index (χ1) is 13.7. The number of amides is 1. The molecule has 1 aliphatic heterocycles. The third-order valence-corrected chi connectivity index (χ3v) is 4.92. The van der Waals surface area contributed by atoms with Crippen LogP contribution in [0.1, 0.15) is 29.0 Å². The van der Waals surface area contributed by atoms with Crippen LogP contribution in [0.2, 0.25) is 0 Å². The zero-order valence-corrected chi connectivity index (χ0v) is 14.9. The van der Waals surface area contributed by atoms with Crippen LogP contribution in [0.3, 0.4) is 0 Å². The van der Waals surface area contributed by atoms with Gasteiger partial charge in [-0.25, -0.2) is 9.50 Å². The van der Waals surface area contributed by atoms with Crippen LogP contribution in [0.4, 0.5) is 5.69 Å². The van der Waals surface area contributed by atoms with Gasteiger partial charge in [0.05, 0.1) is 23.7 Å². The number of ketones is 1. The summed E-state index contributed by atoms with van der Waals surface area (Å²) in [5.41, 5.74) is 3.38. The van der Waals surface area contributed by atoms with Gasteiger partial charge in [0, 0.05) is 30.4 Å². The average Bonchev–Trinajstić information content (AvgIpc) is 3.47. The van der Waals surface area contributed by atoms with Crippen molar-refractivity contribution in [2.75, 3.05) is 11.4 Å². The number of carbonyl (C=O) groups excluding carboxylic acids is 2. The van der Waals surface area contributed by atoms with E-state index in [1.165, 1.54) is 12.5 Å². The number of furan rings is 1. The first kappa shape index (κ1) is 16.4. The van der Waals surface area contributed by atoms with Gasteiger partial charge in [0.25, 0.3) is 0 Å². The fourth-order valence-electron chi connectivity index (χ4n) is 3.57. The zero-order valence-electron chi connectivity index (χ0n) is 14.9. The molecule has 1 fully saturated rings. The van der Waals surface area contributed by atoms with Gasteiger partial charge >= 0.3 is 0 Å². The molecule has 1 aromatic carbocycles. The van der Waals surface area contributed by atoms with Crippen LogP contribution in [-0.2, 0) is 4.79 Å². The first-order valence-electron chi connectivity index (χ1n) is 9.04. The van der Waals surface area contributed by atoms with Crippen molar-refractivity contribution in [3.05, 3.63) is 72.4 Å². The molecule has 4 aromatic rings. The predicted molar refractivity (Wildman–Crippen MR) is 102 cm³/mol. The van der Waals surface area contributed by atoms with Crippen molar-refractivity contribution in [3.8, 4) is 11.3 Å². The molecule has 7 heteroatoms. The Labute approximate surface area is 160 Å². The Morgan fingerprint density at radius 1 is 1.14 bits per heavy atom. The third kappa shape index (κ3) is 2.60. The van der Waals surface area contributed by atoms with Gasteiger partial charge in [-0.2, -0.15) is 5.10 Å². The summed E-state index contributed by atoms with van der Waals surface area (Å²) < 4.78 is 6.85. The van der Waals surface area contributed by atoms with E-state index in [1.54, 1.807) is 27.7 Å². The highest BCUT2D eigenvalue weighted by Crippen LogP contribution is 2.28. The van der Waals surface area contributed by atoms with Gasteiger partial charge in [-0.1, -0.05) is 12.1 Å². The summed E-state index contributed by atoms with van der Waals surface area (Å²) in [7, 11) is 0. The van der Waals surface area contributed by atoms with E-state index in [-0.39, 0.29) is 17.5 Å². The molecular formula is C21H16N4O3. The van der Waals surface area contributed by atoms with Crippen LogP contribution in [0, 0.1) is 0 Å². The van der Waals surface area contributed by atoms with E-state index >= 15 is 0 Å². The fourth-order valence-corrected chi connectivity index (χ4v) is 3.57. The molecule has 1 amide bonds. The lowest BCUT2D eigenvalue weighted by molar-refractivity contribution is -0.117. The zero-order chi connectivity index (χ0) is 19.1. The van der Waals surface area contributed by atoms with Gasteiger partial charge < -0.3 is 9.32 Å². The quantitative estimate of drug-likeness (QED) is 0.513. The number of hydrogen-bond acceptors (Lipinski definition) is 5.